The quantitative estimate of drug-likeness (QED) is 0.524. The van der Waals surface area contributed by atoms with Gasteiger partial charge in [-0.05, 0) is 48.0 Å². The molecule has 1 amide bonds. The summed E-state index contributed by atoms with van der Waals surface area (Å²) in [6.07, 6.45) is -0.938. The zero-order valence-electron chi connectivity index (χ0n) is 18.1. The summed E-state index contributed by atoms with van der Waals surface area (Å²) in [4.78, 5) is 23.2. The normalized spacial score (nSPS) is 15.9. The summed E-state index contributed by atoms with van der Waals surface area (Å²) in [6.45, 7) is 9.96. The second-order valence-corrected chi connectivity index (χ2v) is 8.31. The Balaban J connectivity index is 4.33. The lowest BCUT2D eigenvalue weighted by atomic mass is 10.2. The number of carbonyl (C=O) groups is 2. The second-order valence-electron chi connectivity index (χ2n) is 6.40. The number of esters is 1. The summed E-state index contributed by atoms with van der Waals surface area (Å²) in [5.41, 5.74) is -5.03. The van der Waals surface area contributed by atoms with Gasteiger partial charge in [0.15, 0.2) is 0 Å². The van der Waals surface area contributed by atoms with Gasteiger partial charge >= 0.3 is 12.1 Å². The molecule has 0 aliphatic carbocycles. The highest BCUT2D eigenvalue weighted by Gasteiger charge is 2.16. The Morgan fingerprint density at radius 2 is 1.55 bits per heavy atom. The first kappa shape index (κ1) is 15.0. The van der Waals surface area contributed by atoms with Crippen LogP contribution in [0.3, 0.4) is 0 Å². The van der Waals surface area contributed by atoms with Gasteiger partial charge in [-0.15, -0.1) is 0 Å². The minimum Gasteiger partial charge on any atom is -0.460 e. The molecule has 0 aromatic rings. The highest BCUT2D eigenvalue weighted by molar-refractivity contribution is 8.76. The maximum Gasteiger partial charge on any atom is 0.407 e. The molecule has 1 N–H and O–H groups in total. The number of nitrogens with one attached hydrogen (secondary N) is 1. The van der Waals surface area contributed by atoms with Crippen molar-refractivity contribution in [3.05, 3.63) is 0 Å². The van der Waals surface area contributed by atoms with Gasteiger partial charge in [-0.25, -0.2) is 4.79 Å². The van der Waals surface area contributed by atoms with Crippen LogP contribution in [-0.2, 0) is 14.3 Å². The molecule has 0 aliphatic rings. The largest absolute Gasteiger partial charge is 0.460 e. The van der Waals surface area contributed by atoms with E-state index in [1.807, 2.05) is 0 Å². The highest BCUT2D eigenvalue weighted by atomic mass is 33.1. The smallest absolute Gasteiger partial charge is 0.407 e. The molecule has 0 unspecified atom stereocenters. The van der Waals surface area contributed by atoms with Crippen LogP contribution in [0.2, 0.25) is 0 Å². The summed E-state index contributed by atoms with van der Waals surface area (Å²) in [5.74, 6) is -0.499. The van der Waals surface area contributed by atoms with Crippen molar-refractivity contribution in [1.82, 2.24) is 5.32 Å². The molecule has 22 heavy (non-hydrogen) atoms. The van der Waals surface area contributed by atoms with E-state index >= 15 is 0 Å². The maximum absolute atomic E-state index is 11.7. The zero-order chi connectivity index (χ0) is 20.8. The van der Waals surface area contributed by atoms with Gasteiger partial charge in [-0.2, -0.15) is 0 Å². The van der Waals surface area contributed by atoms with Gasteiger partial charge in [-0.1, -0.05) is 21.6 Å². The van der Waals surface area contributed by atoms with Gasteiger partial charge in [0.25, 0.3) is 0 Å². The predicted octanol–water partition coefficient (Wildman–Crippen LogP) is 4.01. The van der Waals surface area contributed by atoms with Crippen molar-refractivity contribution in [3.63, 3.8) is 0 Å². The fourth-order valence-corrected chi connectivity index (χ4v) is 2.31. The van der Waals surface area contributed by atoms with Crippen molar-refractivity contribution in [1.29, 1.82) is 0 Å². The van der Waals surface area contributed by atoms with Crippen LogP contribution in [0.25, 0.3) is 0 Å². The minimum atomic E-state index is -1.90. The lowest BCUT2D eigenvalue weighted by Gasteiger charge is -2.19. The number of amides is 1. The molecule has 0 radical (unpaired) electrons. The second kappa shape index (κ2) is 10.3. The molecule has 0 aromatic heterocycles. The molecule has 0 rings (SSSR count). The summed E-state index contributed by atoms with van der Waals surface area (Å²) >= 11 is 0. The molecule has 0 atom stereocenters. The van der Waals surface area contributed by atoms with Crippen LogP contribution in [0, 0.1) is 0 Å². The van der Waals surface area contributed by atoms with Crippen LogP contribution in [0.4, 0.5) is 4.79 Å². The Hall–Kier alpha value is -0.560. The van der Waals surface area contributed by atoms with Crippen LogP contribution in [0.15, 0.2) is 0 Å². The minimum absolute atomic E-state index is 0.100. The maximum atomic E-state index is 11.7. The molecule has 5 nitrogen and oxygen atoms in total. The van der Waals surface area contributed by atoms with E-state index in [9.17, 15) is 9.59 Å². The van der Waals surface area contributed by atoms with E-state index in [-0.39, 0.29) is 19.4 Å². The van der Waals surface area contributed by atoms with Gasteiger partial charge in [0.1, 0.15) is 11.2 Å². The van der Waals surface area contributed by atoms with E-state index in [1.54, 1.807) is 41.5 Å². The molecule has 0 saturated heterocycles. The SMILES string of the molecule is [2H]C([2H])(CCC(=O)OC(C)(C)C)SSC([2H])([2H])CNC(=O)OC(C)(C)C. The Morgan fingerprint density at radius 1 is 1.00 bits per heavy atom. The molecule has 0 aliphatic heterocycles. The third-order valence-corrected chi connectivity index (χ3v) is 3.34. The van der Waals surface area contributed by atoms with Crippen molar-refractivity contribution in [2.24, 2.45) is 0 Å². The van der Waals surface area contributed by atoms with Gasteiger partial charge in [0.2, 0.25) is 0 Å². The van der Waals surface area contributed by atoms with E-state index in [0.29, 0.717) is 21.6 Å². The number of alkyl carbamates (subject to hydrolysis) is 1. The molecule has 0 spiro atoms. The topological polar surface area (TPSA) is 64.6 Å². The van der Waals surface area contributed by atoms with Crippen molar-refractivity contribution in [2.45, 2.75) is 65.6 Å². The first-order valence-electron chi connectivity index (χ1n) is 8.96. The van der Waals surface area contributed by atoms with Crippen LogP contribution in [-0.4, -0.2) is 41.2 Å². The first-order chi connectivity index (χ1) is 11.4. The molecular formula is C15H29NO4S2. The molecule has 0 saturated carbocycles. The lowest BCUT2D eigenvalue weighted by molar-refractivity contribution is -0.154. The van der Waals surface area contributed by atoms with Crippen molar-refractivity contribution < 1.29 is 24.5 Å². The average Bonchev–Trinajstić information content (AvgIpc) is 2.38. The first-order valence-corrected chi connectivity index (χ1v) is 9.11. The lowest BCUT2D eigenvalue weighted by Crippen LogP contribution is -2.33. The third kappa shape index (κ3) is 15.8. The van der Waals surface area contributed by atoms with E-state index in [1.165, 1.54) is 0 Å². The summed E-state index contributed by atoms with van der Waals surface area (Å²) < 4.78 is 41.6. The van der Waals surface area contributed by atoms with Crippen molar-refractivity contribution in [3.8, 4) is 0 Å². The number of ether oxygens (including phenoxy) is 2. The highest BCUT2D eigenvalue weighted by Crippen LogP contribution is 2.22. The van der Waals surface area contributed by atoms with Crippen molar-refractivity contribution in [2.75, 3.05) is 18.0 Å². The molecule has 0 aromatic carbocycles. The van der Waals surface area contributed by atoms with E-state index in [0.717, 1.165) is 0 Å². The summed E-state index contributed by atoms with van der Waals surface area (Å²) in [6, 6.07) is 0. The third-order valence-electron chi connectivity index (χ3n) is 1.71. The number of carbonyl (C=O) groups excluding carboxylic acids is 2. The Bertz CT molecular complexity index is 447. The van der Waals surface area contributed by atoms with Crippen LogP contribution < -0.4 is 5.32 Å². The van der Waals surface area contributed by atoms with E-state index in [2.05, 4.69) is 5.32 Å². The molecule has 0 fully saturated rings. The standard InChI is InChI=1S/C15H29NO4S2/c1-14(2,3)19-12(17)8-7-10-21-22-11-9-16-13(18)20-15(4,5)6/h7-11H2,1-6H3,(H,16,18)/i10D2,11D2. The fourth-order valence-electron chi connectivity index (χ4n) is 1.10. The van der Waals surface area contributed by atoms with Crippen LogP contribution >= 0.6 is 21.6 Å². The fraction of sp³-hybridized carbons (Fsp3) is 0.867. The van der Waals surface area contributed by atoms with Gasteiger partial charge < -0.3 is 14.8 Å². The molecular weight excluding hydrogens is 322 g/mol. The number of hydrogen-bond donors (Lipinski definition) is 1. The van der Waals surface area contributed by atoms with E-state index < -0.39 is 34.7 Å². The van der Waals surface area contributed by atoms with Crippen LogP contribution in [0.5, 0.6) is 0 Å². The van der Waals surface area contributed by atoms with Gasteiger partial charge in [0, 0.05) is 29.9 Å². The molecule has 130 valence electrons. The Labute approximate surface area is 147 Å². The Morgan fingerprint density at radius 3 is 2.09 bits per heavy atom. The Kier molecular flexibility index (Phi) is 6.99. The number of hydrogen-bond acceptors (Lipinski definition) is 6. The average molecular weight is 356 g/mol. The monoisotopic (exact) mass is 355 g/mol. The summed E-state index contributed by atoms with van der Waals surface area (Å²) in [7, 11) is 1.35. The summed E-state index contributed by atoms with van der Waals surface area (Å²) in [5, 5.41) is 2.32. The van der Waals surface area contributed by atoms with Crippen molar-refractivity contribution >= 4 is 33.7 Å². The predicted molar refractivity (Wildman–Crippen MR) is 94.2 cm³/mol. The van der Waals surface area contributed by atoms with Crippen LogP contribution in [0.1, 0.15) is 59.9 Å². The molecule has 0 heterocycles. The molecule has 7 heteroatoms. The van der Waals surface area contributed by atoms with E-state index in [4.69, 9.17) is 15.0 Å². The number of rotatable bonds is 8. The molecule has 0 bridgehead atoms. The van der Waals surface area contributed by atoms with Gasteiger partial charge in [0.05, 0.1) is 0 Å². The zero-order valence-corrected chi connectivity index (χ0v) is 15.7. The van der Waals surface area contributed by atoms with Gasteiger partial charge in [-0.3, -0.25) is 4.79 Å².